The van der Waals surface area contributed by atoms with E-state index in [1.54, 1.807) is 12.3 Å². The molecule has 0 aliphatic rings. The standard InChI is InChI=1S/C8H10N2O/c1-6(9)8-2-7(5-11)3-10-4-8/h2-6H,9H2,1H3/t6-/m0/s1. The summed E-state index contributed by atoms with van der Waals surface area (Å²) in [4.78, 5) is 14.2. The molecule has 1 aromatic rings. The molecule has 1 atom stereocenters. The monoisotopic (exact) mass is 150 g/mol. The van der Waals surface area contributed by atoms with E-state index in [1.807, 2.05) is 6.92 Å². The molecule has 3 nitrogen and oxygen atoms in total. The third-order valence-electron chi connectivity index (χ3n) is 1.44. The first kappa shape index (κ1) is 7.88. The fourth-order valence-corrected chi connectivity index (χ4v) is 0.790. The van der Waals surface area contributed by atoms with Crippen molar-refractivity contribution in [3.63, 3.8) is 0 Å². The summed E-state index contributed by atoms with van der Waals surface area (Å²) >= 11 is 0. The van der Waals surface area contributed by atoms with Gasteiger partial charge in [0.1, 0.15) is 0 Å². The Morgan fingerprint density at radius 3 is 2.91 bits per heavy atom. The van der Waals surface area contributed by atoms with Gasteiger partial charge in [-0.1, -0.05) is 0 Å². The van der Waals surface area contributed by atoms with Gasteiger partial charge in [0.05, 0.1) is 0 Å². The van der Waals surface area contributed by atoms with Crippen LogP contribution in [-0.2, 0) is 0 Å². The molecular weight excluding hydrogens is 140 g/mol. The SMILES string of the molecule is C[C@H](N)c1cncc(C=O)c1. The molecule has 3 heteroatoms. The van der Waals surface area contributed by atoms with Crippen molar-refractivity contribution in [3.8, 4) is 0 Å². The highest BCUT2D eigenvalue weighted by molar-refractivity contribution is 5.74. The van der Waals surface area contributed by atoms with Crippen LogP contribution in [0.1, 0.15) is 28.9 Å². The van der Waals surface area contributed by atoms with Gasteiger partial charge in [0.2, 0.25) is 0 Å². The molecule has 1 heterocycles. The third-order valence-corrected chi connectivity index (χ3v) is 1.44. The predicted octanol–water partition coefficient (Wildman–Crippen LogP) is 0.914. The highest BCUT2D eigenvalue weighted by atomic mass is 16.1. The van der Waals surface area contributed by atoms with E-state index in [0.717, 1.165) is 11.8 Å². The molecule has 0 spiro atoms. The van der Waals surface area contributed by atoms with Crippen LogP contribution in [0.15, 0.2) is 18.5 Å². The van der Waals surface area contributed by atoms with E-state index < -0.39 is 0 Å². The molecule has 0 amide bonds. The van der Waals surface area contributed by atoms with Crippen molar-refractivity contribution >= 4 is 6.29 Å². The number of aldehydes is 1. The fourth-order valence-electron chi connectivity index (χ4n) is 0.790. The van der Waals surface area contributed by atoms with Crippen LogP contribution in [-0.4, -0.2) is 11.3 Å². The molecule has 1 aromatic heterocycles. The quantitative estimate of drug-likeness (QED) is 0.637. The first-order valence-corrected chi connectivity index (χ1v) is 3.39. The van der Waals surface area contributed by atoms with Gasteiger partial charge in [-0.25, -0.2) is 0 Å². The number of rotatable bonds is 2. The van der Waals surface area contributed by atoms with Crippen LogP contribution < -0.4 is 5.73 Å². The zero-order valence-corrected chi connectivity index (χ0v) is 6.32. The summed E-state index contributed by atoms with van der Waals surface area (Å²) in [5.74, 6) is 0. The molecule has 58 valence electrons. The third kappa shape index (κ3) is 1.85. The lowest BCUT2D eigenvalue weighted by Crippen LogP contribution is -2.05. The van der Waals surface area contributed by atoms with E-state index in [1.165, 1.54) is 6.20 Å². The average Bonchev–Trinajstić information content (AvgIpc) is 2.05. The summed E-state index contributed by atoms with van der Waals surface area (Å²) in [5, 5.41) is 0. The Morgan fingerprint density at radius 1 is 1.64 bits per heavy atom. The summed E-state index contributed by atoms with van der Waals surface area (Å²) in [6.45, 7) is 1.85. The Kier molecular flexibility index (Phi) is 2.33. The van der Waals surface area contributed by atoms with Crippen molar-refractivity contribution in [1.82, 2.24) is 4.98 Å². The fraction of sp³-hybridized carbons (Fsp3) is 0.250. The predicted molar refractivity (Wildman–Crippen MR) is 42.2 cm³/mol. The van der Waals surface area contributed by atoms with E-state index in [4.69, 9.17) is 5.73 Å². The molecule has 0 fully saturated rings. The number of carbonyl (C=O) groups is 1. The number of nitrogens with zero attached hydrogens (tertiary/aromatic N) is 1. The van der Waals surface area contributed by atoms with E-state index in [-0.39, 0.29) is 6.04 Å². The lowest BCUT2D eigenvalue weighted by Gasteiger charge is -2.03. The highest BCUT2D eigenvalue weighted by Gasteiger charge is 1.99. The minimum atomic E-state index is -0.0672. The molecule has 11 heavy (non-hydrogen) atoms. The molecule has 0 saturated carbocycles. The maximum absolute atomic E-state index is 10.3. The minimum absolute atomic E-state index is 0.0672. The molecule has 0 bridgehead atoms. The van der Waals surface area contributed by atoms with Crippen LogP contribution in [0, 0.1) is 0 Å². The summed E-state index contributed by atoms with van der Waals surface area (Å²) in [7, 11) is 0. The number of hydrogen-bond acceptors (Lipinski definition) is 3. The number of hydrogen-bond donors (Lipinski definition) is 1. The smallest absolute Gasteiger partial charge is 0.151 e. The lowest BCUT2D eigenvalue weighted by atomic mass is 10.1. The molecule has 0 radical (unpaired) electrons. The molecule has 0 aliphatic carbocycles. The zero-order valence-electron chi connectivity index (χ0n) is 6.32. The van der Waals surface area contributed by atoms with Crippen molar-refractivity contribution in [3.05, 3.63) is 29.6 Å². The second-order valence-electron chi connectivity index (χ2n) is 2.46. The number of pyridine rings is 1. The Balaban J connectivity index is 3.00. The molecule has 0 saturated heterocycles. The lowest BCUT2D eigenvalue weighted by molar-refractivity contribution is 0.112. The summed E-state index contributed by atoms with van der Waals surface area (Å²) in [5.41, 5.74) is 7.03. The van der Waals surface area contributed by atoms with Gasteiger partial charge in [-0.3, -0.25) is 9.78 Å². The van der Waals surface area contributed by atoms with E-state index in [9.17, 15) is 4.79 Å². The molecule has 0 aliphatic heterocycles. The van der Waals surface area contributed by atoms with Crippen LogP contribution >= 0.6 is 0 Å². The van der Waals surface area contributed by atoms with Crippen molar-refractivity contribution < 1.29 is 4.79 Å². The summed E-state index contributed by atoms with van der Waals surface area (Å²) in [6.07, 6.45) is 3.94. The van der Waals surface area contributed by atoms with Crippen molar-refractivity contribution in [1.29, 1.82) is 0 Å². The highest BCUT2D eigenvalue weighted by Crippen LogP contribution is 2.07. The second-order valence-corrected chi connectivity index (χ2v) is 2.46. The van der Waals surface area contributed by atoms with Crippen LogP contribution in [0.4, 0.5) is 0 Å². The van der Waals surface area contributed by atoms with Crippen LogP contribution in [0.25, 0.3) is 0 Å². The number of carbonyl (C=O) groups excluding carboxylic acids is 1. The van der Waals surface area contributed by atoms with Crippen molar-refractivity contribution in [2.45, 2.75) is 13.0 Å². The molecule has 1 rings (SSSR count). The van der Waals surface area contributed by atoms with Gasteiger partial charge in [-0.15, -0.1) is 0 Å². The number of aromatic nitrogens is 1. The molecule has 0 aromatic carbocycles. The van der Waals surface area contributed by atoms with Crippen LogP contribution in [0.3, 0.4) is 0 Å². The van der Waals surface area contributed by atoms with Crippen LogP contribution in [0.2, 0.25) is 0 Å². The molecular formula is C8H10N2O. The first-order valence-electron chi connectivity index (χ1n) is 3.39. The number of nitrogens with two attached hydrogens (primary N) is 1. The van der Waals surface area contributed by atoms with E-state index >= 15 is 0 Å². The summed E-state index contributed by atoms with van der Waals surface area (Å²) < 4.78 is 0. The normalized spacial score (nSPS) is 12.5. The minimum Gasteiger partial charge on any atom is -0.324 e. The molecule has 2 N–H and O–H groups in total. The largest absolute Gasteiger partial charge is 0.324 e. The molecule has 0 unspecified atom stereocenters. The van der Waals surface area contributed by atoms with Gasteiger partial charge in [-0.2, -0.15) is 0 Å². The topological polar surface area (TPSA) is 56.0 Å². The maximum atomic E-state index is 10.3. The summed E-state index contributed by atoms with van der Waals surface area (Å²) in [6, 6.07) is 1.67. The van der Waals surface area contributed by atoms with Gasteiger partial charge in [0.25, 0.3) is 0 Å². The Labute approximate surface area is 65.2 Å². The van der Waals surface area contributed by atoms with Crippen LogP contribution in [0.5, 0.6) is 0 Å². The van der Waals surface area contributed by atoms with E-state index in [0.29, 0.717) is 5.56 Å². The second kappa shape index (κ2) is 3.25. The first-order chi connectivity index (χ1) is 5.24. The Hall–Kier alpha value is -1.22. The maximum Gasteiger partial charge on any atom is 0.151 e. The van der Waals surface area contributed by atoms with Gasteiger partial charge < -0.3 is 5.73 Å². The van der Waals surface area contributed by atoms with Gasteiger partial charge in [0, 0.05) is 24.0 Å². The average molecular weight is 150 g/mol. The van der Waals surface area contributed by atoms with Gasteiger partial charge in [-0.05, 0) is 18.6 Å². The van der Waals surface area contributed by atoms with Crippen molar-refractivity contribution in [2.75, 3.05) is 0 Å². The van der Waals surface area contributed by atoms with Gasteiger partial charge >= 0.3 is 0 Å². The van der Waals surface area contributed by atoms with Gasteiger partial charge in [0.15, 0.2) is 6.29 Å². The zero-order chi connectivity index (χ0) is 8.27. The Morgan fingerprint density at radius 2 is 2.36 bits per heavy atom. The Bertz CT molecular complexity index is 258. The van der Waals surface area contributed by atoms with E-state index in [2.05, 4.69) is 4.98 Å². The van der Waals surface area contributed by atoms with Crippen molar-refractivity contribution in [2.24, 2.45) is 5.73 Å².